The van der Waals surface area contributed by atoms with Crippen LogP contribution in [0.4, 0.5) is 5.69 Å². The fourth-order valence-electron chi connectivity index (χ4n) is 2.68. The molecule has 27 heavy (non-hydrogen) atoms. The maximum absolute atomic E-state index is 12.3. The summed E-state index contributed by atoms with van der Waals surface area (Å²) in [4.78, 5) is 24.3. The molecule has 3 rings (SSSR count). The van der Waals surface area contributed by atoms with Crippen LogP contribution in [0.1, 0.15) is 30.1 Å². The highest BCUT2D eigenvalue weighted by Crippen LogP contribution is 2.34. The van der Waals surface area contributed by atoms with Crippen LogP contribution in [0.15, 0.2) is 42.5 Å². The zero-order valence-corrected chi connectivity index (χ0v) is 15.1. The SMILES string of the molecule is CCOc1ccccc1C(=O)NCCCC(=O)Nc1ccc2c(c1)OCO2. The van der Waals surface area contributed by atoms with E-state index < -0.39 is 0 Å². The first-order chi connectivity index (χ1) is 13.2. The lowest BCUT2D eigenvalue weighted by Crippen LogP contribution is -2.26. The summed E-state index contributed by atoms with van der Waals surface area (Å²) in [7, 11) is 0. The second kappa shape index (κ2) is 8.93. The number of carbonyl (C=O) groups excluding carboxylic acids is 2. The summed E-state index contributed by atoms with van der Waals surface area (Å²) < 4.78 is 16.0. The predicted molar refractivity (Wildman–Crippen MR) is 100 cm³/mol. The van der Waals surface area contributed by atoms with Gasteiger partial charge in [-0.2, -0.15) is 0 Å². The van der Waals surface area contributed by atoms with E-state index in [2.05, 4.69) is 10.6 Å². The number of carbonyl (C=O) groups is 2. The van der Waals surface area contributed by atoms with Crippen molar-refractivity contribution in [2.24, 2.45) is 0 Å². The van der Waals surface area contributed by atoms with Gasteiger partial charge in [0, 0.05) is 24.7 Å². The molecular weight excluding hydrogens is 348 g/mol. The van der Waals surface area contributed by atoms with Crippen LogP contribution < -0.4 is 24.8 Å². The fraction of sp³-hybridized carbons (Fsp3) is 0.300. The minimum absolute atomic E-state index is 0.127. The summed E-state index contributed by atoms with van der Waals surface area (Å²) in [6, 6.07) is 12.3. The molecular formula is C20H22N2O5. The number of benzene rings is 2. The van der Waals surface area contributed by atoms with Crippen LogP contribution in [0.2, 0.25) is 0 Å². The molecule has 2 amide bonds. The Morgan fingerprint density at radius 2 is 1.93 bits per heavy atom. The van der Waals surface area contributed by atoms with Crippen molar-refractivity contribution in [1.82, 2.24) is 5.32 Å². The van der Waals surface area contributed by atoms with Gasteiger partial charge in [0.25, 0.3) is 5.91 Å². The van der Waals surface area contributed by atoms with Crippen LogP contribution >= 0.6 is 0 Å². The molecule has 7 heteroatoms. The standard InChI is InChI=1S/C20H22N2O5/c1-2-25-16-7-4-3-6-15(16)20(24)21-11-5-8-19(23)22-14-9-10-17-18(12-14)27-13-26-17/h3-4,6-7,9-10,12H,2,5,8,11,13H2,1H3,(H,21,24)(H,22,23). The van der Waals surface area contributed by atoms with Crippen molar-refractivity contribution < 1.29 is 23.8 Å². The molecule has 0 radical (unpaired) electrons. The van der Waals surface area contributed by atoms with Gasteiger partial charge in [-0.3, -0.25) is 9.59 Å². The van der Waals surface area contributed by atoms with Gasteiger partial charge in [-0.15, -0.1) is 0 Å². The molecule has 0 saturated heterocycles. The van der Waals surface area contributed by atoms with Crippen molar-refractivity contribution in [2.45, 2.75) is 19.8 Å². The number of nitrogens with one attached hydrogen (secondary N) is 2. The van der Waals surface area contributed by atoms with Gasteiger partial charge in [-0.05, 0) is 37.6 Å². The van der Waals surface area contributed by atoms with E-state index in [1.807, 2.05) is 13.0 Å². The molecule has 7 nitrogen and oxygen atoms in total. The number of anilines is 1. The summed E-state index contributed by atoms with van der Waals surface area (Å²) in [6.07, 6.45) is 0.820. The topological polar surface area (TPSA) is 85.9 Å². The molecule has 0 saturated carbocycles. The highest BCUT2D eigenvalue weighted by Gasteiger charge is 2.14. The van der Waals surface area contributed by atoms with Crippen molar-refractivity contribution >= 4 is 17.5 Å². The van der Waals surface area contributed by atoms with Crippen LogP contribution in [0.25, 0.3) is 0 Å². The predicted octanol–water partition coefficient (Wildman–Crippen LogP) is 2.96. The van der Waals surface area contributed by atoms with Crippen LogP contribution in [-0.2, 0) is 4.79 Å². The molecule has 0 spiro atoms. The maximum Gasteiger partial charge on any atom is 0.255 e. The second-order valence-corrected chi connectivity index (χ2v) is 5.90. The first kappa shape index (κ1) is 18.6. The molecule has 0 aromatic heterocycles. The van der Waals surface area contributed by atoms with Gasteiger partial charge in [0.1, 0.15) is 5.75 Å². The Morgan fingerprint density at radius 3 is 2.78 bits per heavy atom. The third kappa shape index (κ3) is 4.91. The molecule has 2 aromatic carbocycles. The monoisotopic (exact) mass is 370 g/mol. The number of hydrogen-bond donors (Lipinski definition) is 2. The van der Waals surface area contributed by atoms with Gasteiger partial charge < -0.3 is 24.8 Å². The first-order valence-corrected chi connectivity index (χ1v) is 8.87. The van der Waals surface area contributed by atoms with Crippen molar-refractivity contribution in [3.63, 3.8) is 0 Å². The molecule has 0 bridgehead atoms. The average Bonchev–Trinajstić information content (AvgIpc) is 3.13. The summed E-state index contributed by atoms with van der Waals surface area (Å²) in [5, 5.41) is 5.63. The molecule has 1 aliphatic rings. The van der Waals surface area contributed by atoms with Gasteiger partial charge in [0.05, 0.1) is 12.2 Å². The van der Waals surface area contributed by atoms with Gasteiger partial charge in [0.15, 0.2) is 11.5 Å². The number of rotatable bonds is 8. The zero-order valence-electron chi connectivity index (χ0n) is 15.1. The van der Waals surface area contributed by atoms with Crippen molar-refractivity contribution in [1.29, 1.82) is 0 Å². The molecule has 0 aliphatic carbocycles. The van der Waals surface area contributed by atoms with E-state index in [-0.39, 0.29) is 18.6 Å². The quantitative estimate of drug-likeness (QED) is 0.698. The van der Waals surface area contributed by atoms with E-state index in [1.165, 1.54) is 0 Å². The number of para-hydroxylation sites is 1. The highest BCUT2D eigenvalue weighted by molar-refractivity contribution is 5.97. The maximum atomic E-state index is 12.3. The zero-order chi connectivity index (χ0) is 19.1. The molecule has 0 fully saturated rings. The largest absolute Gasteiger partial charge is 0.493 e. The second-order valence-electron chi connectivity index (χ2n) is 5.90. The Kier molecular flexibility index (Phi) is 6.14. The van der Waals surface area contributed by atoms with Crippen LogP contribution in [-0.4, -0.2) is 31.8 Å². The first-order valence-electron chi connectivity index (χ1n) is 8.87. The molecule has 1 heterocycles. The van der Waals surface area contributed by atoms with Crippen molar-refractivity contribution in [3.05, 3.63) is 48.0 Å². The lowest BCUT2D eigenvalue weighted by Gasteiger charge is -2.10. The smallest absolute Gasteiger partial charge is 0.255 e. The van der Waals surface area contributed by atoms with E-state index in [1.54, 1.807) is 36.4 Å². The molecule has 2 N–H and O–H groups in total. The van der Waals surface area contributed by atoms with E-state index in [0.717, 1.165) is 0 Å². The molecule has 1 aliphatic heterocycles. The lowest BCUT2D eigenvalue weighted by molar-refractivity contribution is -0.116. The molecule has 142 valence electrons. The van der Waals surface area contributed by atoms with Crippen LogP contribution in [0, 0.1) is 0 Å². The molecule has 2 aromatic rings. The van der Waals surface area contributed by atoms with Gasteiger partial charge >= 0.3 is 0 Å². The molecule has 0 atom stereocenters. The van der Waals surface area contributed by atoms with E-state index >= 15 is 0 Å². The molecule has 0 unspecified atom stereocenters. The summed E-state index contributed by atoms with van der Waals surface area (Å²) >= 11 is 0. The average molecular weight is 370 g/mol. The summed E-state index contributed by atoms with van der Waals surface area (Å²) in [6.45, 7) is 2.95. The third-order valence-electron chi connectivity index (χ3n) is 3.95. The number of fused-ring (bicyclic) bond motifs is 1. The van der Waals surface area contributed by atoms with Crippen LogP contribution in [0.5, 0.6) is 17.2 Å². The van der Waals surface area contributed by atoms with Gasteiger partial charge in [-0.25, -0.2) is 0 Å². The van der Waals surface area contributed by atoms with E-state index in [4.69, 9.17) is 14.2 Å². The van der Waals surface area contributed by atoms with E-state index in [0.29, 0.717) is 54.5 Å². The Balaban J connectivity index is 1.42. The Labute approximate surface area is 157 Å². The number of amides is 2. The third-order valence-corrected chi connectivity index (χ3v) is 3.95. The Hall–Kier alpha value is -3.22. The van der Waals surface area contributed by atoms with Gasteiger partial charge in [0.2, 0.25) is 12.7 Å². The minimum atomic E-state index is -0.213. The van der Waals surface area contributed by atoms with Gasteiger partial charge in [-0.1, -0.05) is 12.1 Å². The highest BCUT2D eigenvalue weighted by atomic mass is 16.7. The number of ether oxygens (including phenoxy) is 3. The van der Waals surface area contributed by atoms with Crippen LogP contribution in [0.3, 0.4) is 0 Å². The van der Waals surface area contributed by atoms with E-state index in [9.17, 15) is 9.59 Å². The van der Waals surface area contributed by atoms with Crippen molar-refractivity contribution in [3.8, 4) is 17.2 Å². The van der Waals surface area contributed by atoms with Crippen molar-refractivity contribution in [2.75, 3.05) is 25.3 Å². The summed E-state index contributed by atoms with van der Waals surface area (Å²) in [5.74, 6) is 1.50. The Bertz CT molecular complexity index is 822. The lowest BCUT2D eigenvalue weighted by atomic mass is 10.2. The number of hydrogen-bond acceptors (Lipinski definition) is 5. The fourth-order valence-corrected chi connectivity index (χ4v) is 2.68. The normalized spacial score (nSPS) is 11.7. The Morgan fingerprint density at radius 1 is 1.11 bits per heavy atom. The summed E-state index contributed by atoms with van der Waals surface area (Å²) in [5.41, 5.74) is 1.14. The minimum Gasteiger partial charge on any atom is -0.493 e.